The largest absolute Gasteiger partial charge is 0.352 e. The lowest BCUT2D eigenvalue weighted by atomic mass is 9.80. The minimum atomic E-state index is -0.137. The van der Waals surface area contributed by atoms with Gasteiger partial charge in [0.2, 0.25) is 0 Å². The summed E-state index contributed by atoms with van der Waals surface area (Å²) >= 11 is 0. The van der Waals surface area contributed by atoms with Crippen LogP contribution in [0.5, 0.6) is 0 Å². The highest BCUT2D eigenvalue weighted by Gasteiger charge is 2.95. The second kappa shape index (κ2) is 2.66. The van der Waals surface area contributed by atoms with Crippen molar-refractivity contribution >= 4 is 0 Å². The molecule has 110 valence electrons. The van der Waals surface area contributed by atoms with E-state index in [0.29, 0.717) is 34.9 Å². The van der Waals surface area contributed by atoms with E-state index in [1.807, 2.05) is 39.7 Å². The molecule has 0 spiro atoms. The van der Waals surface area contributed by atoms with E-state index in [4.69, 9.17) is 0 Å². The smallest absolute Gasteiger partial charge is 0.245 e. The minimum Gasteiger partial charge on any atom is -0.245 e. The lowest BCUT2D eigenvalue weighted by Crippen LogP contribution is -2.48. The zero-order valence-corrected chi connectivity index (χ0v) is 12.1. The van der Waals surface area contributed by atoms with Gasteiger partial charge in [0, 0.05) is 0 Å². The summed E-state index contributed by atoms with van der Waals surface area (Å²) in [5.41, 5.74) is 0.715. The Labute approximate surface area is 125 Å². The van der Waals surface area contributed by atoms with Gasteiger partial charge in [-0.25, -0.2) is 23.5 Å². The van der Waals surface area contributed by atoms with Gasteiger partial charge in [0.1, 0.15) is 0 Å². The molecule has 0 amide bonds. The van der Waals surface area contributed by atoms with Crippen molar-refractivity contribution in [1.82, 2.24) is 13.9 Å². The maximum Gasteiger partial charge on any atom is 0.352 e. The topological polar surface area (TPSA) is 48.9 Å². The zero-order chi connectivity index (χ0) is 14.5. The first kappa shape index (κ1) is 10.6. The average molecular weight is 293 g/mol. The first-order valence-electron chi connectivity index (χ1n) is 8.19. The van der Waals surface area contributed by atoms with E-state index in [2.05, 4.69) is 6.92 Å². The molecule has 2 bridgehead atoms. The molecule has 0 radical (unpaired) electrons. The van der Waals surface area contributed by atoms with Crippen LogP contribution in [0.1, 0.15) is 19.0 Å². The van der Waals surface area contributed by atoms with E-state index in [1.54, 1.807) is 0 Å². The minimum absolute atomic E-state index is 0.134. The van der Waals surface area contributed by atoms with E-state index >= 15 is 0 Å². The van der Waals surface area contributed by atoms with Crippen molar-refractivity contribution < 1.29 is 0 Å². The number of aromatic nitrogens is 3. The van der Waals surface area contributed by atoms with Gasteiger partial charge < -0.3 is 0 Å². The molecule has 22 heavy (non-hydrogen) atoms. The first-order chi connectivity index (χ1) is 10.7. The third kappa shape index (κ3) is 0.733. The van der Waals surface area contributed by atoms with Gasteiger partial charge >= 0.3 is 11.4 Å². The van der Waals surface area contributed by atoms with Gasteiger partial charge in [-0.3, -0.25) is 0 Å². The summed E-state index contributed by atoms with van der Waals surface area (Å²) in [7, 11) is 0. The highest BCUT2D eigenvalue weighted by atomic mass is 16.2. The van der Waals surface area contributed by atoms with Gasteiger partial charge in [-0.15, -0.1) is 0 Å². The fourth-order valence-corrected chi connectivity index (χ4v) is 7.16. The molecule has 0 unspecified atom stereocenters. The van der Waals surface area contributed by atoms with Gasteiger partial charge in [-0.2, -0.15) is 0 Å². The Morgan fingerprint density at radius 3 is 2.32 bits per heavy atom. The van der Waals surface area contributed by atoms with Crippen LogP contribution in [-0.4, -0.2) is 13.9 Å². The summed E-state index contributed by atoms with van der Waals surface area (Å²) in [6, 6.07) is 9.89. The molecule has 5 heteroatoms. The summed E-state index contributed by atoms with van der Waals surface area (Å²) in [5, 5.41) is 0. The molecule has 5 nitrogen and oxygen atoms in total. The Morgan fingerprint density at radius 2 is 1.64 bits per heavy atom. The summed E-state index contributed by atoms with van der Waals surface area (Å²) in [4.78, 5) is 26.0. The molecule has 2 aliphatic heterocycles. The lowest BCUT2D eigenvalue weighted by Gasteiger charge is -2.41. The van der Waals surface area contributed by atoms with Gasteiger partial charge in [-0.1, -0.05) is 25.1 Å². The van der Waals surface area contributed by atoms with E-state index in [-0.39, 0.29) is 17.4 Å². The van der Waals surface area contributed by atoms with E-state index in [0.717, 1.165) is 11.8 Å². The molecule has 3 heterocycles. The predicted molar refractivity (Wildman–Crippen MR) is 77.9 cm³/mol. The van der Waals surface area contributed by atoms with Crippen LogP contribution in [-0.2, 0) is 0 Å². The number of hydrogen-bond donors (Lipinski definition) is 0. The molecule has 1 aromatic heterocycles. The van der Waals surface area contributed by atoms with Crippen LogP contribution >= 0.6 is 0 Å². The van der Waals surface area contributed by atoms with Crippen LogP contribution in [0.25, 0.3) is 5.69 Å². The van der Waals surface area contributed by atoms with Crippen LogP contribution < -0.4 is 11.4 Å². The van der Waals surface area contributed by atoms with Crippen LogP contribution in [0, 0.1) is 35.0 Å². The Hall–Kier alpha value is -2.04. The van der Waals surface area contributed by atoms with Crippen molar-refractivity contribution in [2.75, 3.05) is 0 Å². The molecule has 4 fully saturated rings. The van der Waals surface area contributed by atoms with Gasteiger partial charge in [-0.05, 0) is 47.1 Å². The van der Waals surface area contributed by atoms with Crippen LogP contribution in [0.15, 0.2) is 39.9 Å². The monoisotopic (exact) mass is 293 g/mol. The summed E-state index contributed by atoms with van der Waals surface area (Å²) < 4.78 is 5.04. The predicted octanol–water partition coefficient (Wildman–Crippen LogP) is 1.04. The van der Waals surface area contributed by atoms with Crippen LogP contribution in [0.4, 0.5) is 0 Å². The summed E-state index contributed by atoms with van der Waals surface area (Å²) in [6.45, 7) is 2.35. The molecule has 8 atom stereocenters. The molecule has 0 saturated heterocycles. The molecule has 4 aliphatic carbocycles. The highest BCUT2D eigenvalue weighted by Crippen LogP contribution is 2.96. The molecule has 1 aromatic carbocycles. The number of rotatable bonds is 1. The third-order valence-electron chi connectivity index (χ3n) is 7.65. The molecule has 0 N–H and O–H groups in total. The van der Waals surface area contributed by atoms with Crippen molar-refractivity contribution in [3.05, 3.63) is 51.3 Å². The van der Waals surface area contributed by atoms with Crippen molar-refractivity contribution in [2.45, 2.75) is 19.0 Å². The lowest BCUT2D eigenvalue weighted by molar-refractivity contribution is 0.0636. The molecule has 4 saturated carbocycles. The molecule has 6 aliphatic rings. The Balaban J connectivity index is 1.59. The first-order valence-corrected chi connectivity index (χ1v) is 8.19. The van der Waals surface area contributed by atoms with Gasteiger partial charge in [0.05, 0.1) is 17.8 Å². The van der Waals surface area contributed by atoms with E-state index < -0.39 is 0 Å². The van der Waals surface area contributed by atoms with Crippen molar-refractivity contribution in [2.24, 2.45) is 35.0 Å². The second-order valence-corrected chi connectivity index (χ2v) is 8.01. The number of hydrogen-bond acceptors (Lipinski definition) is 2. The Morgan fingerprint density at radius 1 is 0.909 bits per heavy atom. The summed E-state index contributed by atoms with van der Waals surface area (Å²) in [5.74, 6) is 3.61. The molecule has 2 aromatic rings. The molecule has 8 rings (SSSR count). The maximum atomic E-state index is 13.0. The second-order valence-electron chi connectivity index (χ2n) is 8.01. The summed E-state index contributed by atoms with van der Waals surface area (Å²) in [6.07, 6.45) is 0. The van der Waals surface area contributed by atoms with Crippen molar-refractivity contribution in [3.8, 4) is 5.69 Å². The van der Waals surface area contributed by atoms with Crippen LogP contribution in [0.2, 0.25) is 0 Å². The Bertz CT molecular complexity index is 999. The van der Waals surface area contributed by atoms with E-state index in [1.165, 1.54) is 4.57 Å². The van der Waals surface area contributed by atoms with E-state index in [9.17, 15) is 9.59 Å². The SMILES string of the molecule is C[C@]12[C@@H]3[C@@H]4[C@@H]5[C@@H]4[C@H]1n1c(=O)n(-c4ccccc4)c(=O)n1[C@H]5[C@@H]32. The van der Waals surface area contributed by atoms with Crippen molar-refractivity contribution in [1.29, 1.82) is 0 Å². The highest BCUT2D eigenvalue weighted by molar-refractivity contribution is 5.42. The van der Waals surface area contributed by atoms with Gasteiger partial charge in [0.25, 0.3) is 0 Å². The van der Waals surface area contributed by atoms with Crippen LogP contribution in [0.3, 0.4) is 0 Å². The average Bonchev–Trinajstić information content (AvgIpc) is 3.26. The molecular weight excluding hydrogens is 278 g/mol. The fraction of sp³-hybridized carbons (Fsp3) is 0.529. The number of para-hydroxylation sites is 1. The number of nitrogens with zero attached hydrogens (tertiary/aromatic N) is 3. The quantitative estimate of drug-likeness (QED) is 0.789. The Kier molecular flexibility index (Phi) is 1.29. The van der Waals surface area contributed by atoms with Crippen molar-refractivity contribution in [3.63, 3.8) is 0 Å². The number of benzene rings is 1. The maximum absolute atomic E-state index is 13.0. The zero-order valence-electron chi connectivity index (χ0n) is 12.1. The fourth-order valence-electron chi connectivity index (χ4n) is 7.16. The van der Waals surface area contributed by atoms with Gasteiger partial charge in [0.15, 0.2) is 0 Å². The standard InChI is InChI=1S/C17H15N3O2/c1-17-11-8-9-10(8)14(17)20-16(22)18(7-5-3-2-4-6-7)15(21)19(20)13(9)12(11)17/h2-6,8-14H,1H3/t8-,9-,10-,11-,12-,13-,14-,17-/m1/s1. The molecular formula is C17H15N3O2. The normalized spacial score (nSPS) is 50.1. The third-order valence-corrected chi connectivity index (χ3v) is 7.65.